The summed E-state index contributed by atoms with van der Waals surface area (Å²) in [7, 11) is 0. The van der Waals surface area contributed by atoms with Gasteiger partial charge in [-0.2, -0.15) is 0 Å². The molecule has 1 rings (SSSR count). The van der Waals surface area contributed by atoms with Gasteiger partial charge in [0.15, 0.2) is 0 Å². The topological polar surface area (TPSA) is 55.4 Å². The molecule has 0 radical (unpaired) electrons. The van der Waals surface area contributed by atoms with Gasteiger partial charge in [-0.15, -0.1) is 0 Å². The van der Waals surface area contributed by atoms with Crippen LogP contribution in [-0.2, 0) is 14.3 Å². The highest BCUT2D eigenvalue weighted by Gasteiger charge is 2.39. The predicted molar refractivity (Wildman–Crippen MR) is 42.3 cm³/mol. The highest BCUT2D eigenvalue weighted by Crippen LogP contribution is 2.21. The summed E-state index contributed by atoms with van der Waals surface area (Å²) in [5.41, 5.74) is 0. The number of rotatable bonds is 1. The van der Waals surface area contributed by atoms with Crippen molar-refractivity contribution in [3.8, 4) is 0 Å². The van der Waals surface area contributed by atoms with Crippen molar-refractivity contribution in [2.75, 3.05) is 0 Å². The molecule has 0 aromatic carbocycles. The second kappa shape index (κ2) is 3.13. The van der Waals surface area contributed by atoms with Crippen LogP contribution >= 0.6 is 0 Å². The minimum absolute atomic E-state index is 0.0569. The van der Waals surface area contributed by atoms with Gasteiger partial charge in [0.2, 0.25) is 5.91 Å². The minimum Gasteiger partial charge on any atom is -0.461 e. The van der Waals surface area contributed by atoms with Crippen LogP contribution < -0.4 is 5.32 Å². The molecule has 0 bridgehead atoms. The molecule has 1 amide bonds. The molecule has 1 saturated heterocycles. The Bertz CT molecular complexity index is 214. The summed E-state index contributed by atoms with van der Waals surface area (Å²) in [6, 6.07) is -0.461. The van der Waals surface area contributed by atoms with Gasteiger partial charge in [-0.25, -0.2) is 4.79 Å². The fraction of sp³-hybridized carbons (Fsp3) is 0.750. The second-order valence-corrected chi connectivity index (χ2v) is 3.18. The zero-order valence-corrected chi connectivity index (χ0v) is 7.46. The second-order valence-electron chi connectivity index (χ2n) is 3.18. The summed E-state index contributed by atoms with van der Waals surface area (Å²) in [5.74, 6) is -0.468. The van der Waals surface area contributed by atoms with E-state index in [2.05, 4.69) is 5.32 Å². The molecule has 0 aromatic rings. The quantitative estimate of drug-likeness (QED) is 0.568. The van der Waals surface area contributed by atoms with E-state index in [1.54, 1.807) is 0 Å². The number of hydrogen-bond donors (Lipinski definition) is 1. The van der Waals surface area contributed by atoms with Gasteiger partial charge in [-0.05, 0) is 6.92 Å². The molecule has 1 fully saturated rings. The first-order chi connectivity index (χ1) is 5.52. The van der Waals surface area contributed by atoms with Crippen LogP contribution in [0.15, 0.2) is 0 Å². The largest absolute Gasteiger partial charge is 0.461 e. The van der Waals surface area contributed by atoms with Crippen LogP contribution in [0.25, 0.3) is 0 Å². The Labute approximate surface area is 71.3 Å². The Morgan fingerprint density at radius 1 is 1.50 bits per heavy atom. The number of hydrogen-bond acceptors (Lipinski definition) is 3. The number of amides is 1. The number of cyclic esters (lactones) is 1. The van der Waals surface area contributed by atoms with E-state index in [9.17, 15) is 9.59 Å². The van der Waals surface area contributed by atoms with Crippen molar-refractivity contribution in [3.05, 3.63) is 0 Å². The molecule has 1 heterocycles. The average molecular weight is 171 g/mol. The van der Waals surface area contributed by atoms with Crippen molar-refractivity contribution in [2.45, 2.75) is 32.9 Å². The van der Waals surface area contributed by atoms with Gasteiger partial charge in [0.25, 0.3) is 0 Å². The van der Waals surface area contributed by atoms with Gasteiger partial charge in [0.05, 0.1) is 0 Å². The van der Waals surface area contributed by atoms with Gasteiger partial charge in [0, 0.05) is 12.8 Å². The molecule has 4 heteroatoms. The van der Waals surface area contributed by atoms with Crippen molar-refractivity contribution in [2.24, 2.45) is 5.92 Å². The van der Waals surface area contributed by atoms with E-state index in [1.165, 1.54) is 6.92 Å². The monoisotopic (exact) mass is 171 g/mol. The number of esters is 1. The fourth-order valence-electron chi connectivity index (χ4n) is 1.26. The first-order valence-electron chi connectivity index (χ1n) is 4.00. The van der Waals surface area contributed by atoms with E-state index in [4.69, 9.17) is 4.74 Å². The lowest BCUT2D eigenvalue weighted by Crippen LogP contribution is -2.40. The standard InChI is InChI=1S/C8H13NO3/c1-4-5(2)12-8(11)7(4)9-6(3)10/h4-5,7H,1-3H3,(H,9,10)/t4-,5-,7-/m0/s1. The fourth-order valence-corrected chi connectivity index (χ4v) is 1.26. The predicted octanol–water partition coefficient (Wildman–Crippen LogP) is 0.0725. The molecular formula is C8H13NO3. The summed E-state index contributed by atoms with van der Waals surface area (Å²) < 4.78 is 4.93. The van der Waals surface area contributed by atoms with Gasteiger partial charge < -0.3 is 10.1 Å². The molecular weight excluding hydrogens is 158 g/mol. The maximum Gasteiger partial charge on any atom is 0.329 e. The van der Waals surface area contributed by atoms with E-state index in [1.807, 2.05) is 13.8 Å². The minimum atomic E-state index is -0.461. The van der Waals surface area contributed by atoms with Gasteiger partial charge in [-0.1, -0.05) is 6.92 Å². The van der Waals surface area contributed by atoms with Crippen molar-refractivity contribution >= 4 is 11.9 Å². The normalized spacial score (nSPS) is 34.6. The Balaban J connectivity index is 2.63. The molecule has 0 unspecified atom stereocenters. The molecule has 0 saturated carbocycles. The molecule has 0 aliphatic carbocycles. The molecule has 4 nitrogen and oxygen atoms in total. The van der Waals surface area contributed by atoms with Gasteiger partial charge in [0.1, 0.15) is 12.1 Å². The summed E-state index contributed by atoms with van der Waals surface area (Å²) in [6.07, 6.45) is -0.102. The highest BCUT2D eigenvalue weighted by atomic mass is 16.6. The van der Waals surface area contributed by atoms with Crippen LogP contribution in [-0.4, -0.2) is 24.0 Å². The zero-order valence-electron chi connectivity index (χ0n) is 7.46. The molecule has 0 aromatic heterocycles. The number of nitrogens with one attached hydrogen (secondary N) is 1. The summed E-state index contributed by atoms with van der Waals surface area (Å²) in [4.78, 5) is 21.8. The first-order valence-corrected chi connectivity index (χ1v) is 4.00. The molecule has 1 aliphatic rings. The van der Waals surface area contributed by atoms with Crippen molar-refractivity contribution in [1.29, 1.82) is 0 Å². The highest BCUT2D eigenvalue weighted by molar-refractivity contribution is 5.84. The Hall–Kier alpha value is -1.06. The molecule has 0 spiro atoms. The van der Waals surface area contributed by atoms with Crippen LogP contribution in [0.3, 0.4) is 0 Å². The van der Waals surface area contributed by atoms with Crippen LogP contribution in [0.2, 0.25) is 0 Å². The summed E-state index contributed by atoms with van der Waals surface area (Å²) >= 11 is 0. The van der Waals surface area contributed by atoms with Crippen molar-refractivity contribution < 1.29 is 14.3 Å². The molecule has 12 heavy (non-hydrogen) atoms. The van der Waals surface area contributed by atoms with Crippen LogP contribution in [0, 0.1) is 5.92 Å². The lowest BCUT2D eigenvalue weighted by atomic mass is 10.0. The number of ether oxygens (including phenoxy) is 1. The average Bonchev–Trinajstić information content (AvgIpc) is 2.16. The molecule has 68 valence electrons. The zero-order chi connectivity index (χ0) is 9.30. The van der Waals surface area contributed by atoms with Crippen LogP contribution in [0.5, 0.6) is 0 Å². The van der Waals surface area contributed by atoms with E-state index in [0.29, 0.717) is 0 Å². The Kier molecular flexibility index (Phi) is 2.35. The van der Waals surface area contributed by atoms with E-state index in [-0.39, 0.29) is 23.9 Å². The van der Waals surface area contributed by atoms with E-state index >= 15 is 0 Å². The van der Waals surface area contributed by atoms with Gasteiger partial charge in [-0.3, -0.25) is 4.79 Å². The molecule has 3 atom stereocenters. The summed E-state index contributed by atoms with van der Waals surface area (Å²) in [5, 5.41) is 2.56. The van der Waals surface area contributed by atoms with Crippen LogP contribution in [0.1, 0.15) is 20.8 Å². The summed E-state index contributed by atoms with van der Waals surface area (Å²) in [6.45, 7) is 5.10. The lowest BCUT2D eigenvalue weighted by Gasteiger charge is -2.12. The van der Waals surface area contributed by atoms with E-state index in [0.717, 1.165) is 0 Å². The first kappa shape index (κ1) is 9.03. The van der Waals surface area contributed by atoms with E-state index < -0.39 is 6.04 Å². The van der Waals surface area contributed by atoms with Gasteiger partial charge >= 0.3 is 5.97 Å². The van der Waals surface area contributed by atoms with Crippen molar-refractivity contribution in [1.82, 2.24) is 5.32 Å². The number of carbonyl (C=O) groups excluding carboxylic acids is 2. The lowest BCUT2D eigenvalue weighted by molar-refractivity contribution is -0.143. The molecule has 1 N–H and O–H groups in total. The third-order valence-corrected chi connectivity index (χ3v) is 2.18. The SMILES string of the molecule is CC(=O)N[C@@H]1C(=O)O[C@@H](C)[C@@H]1C. The van der Waals surface area contributed by atoms with Crippen molar-refractivity contribution in [3.63, 3.8) is 0 Å². The maximum atomic E-state index is 11.1. The number of carbonyl (C=O) groups is 2. The smallest absolute Gasteiger partial charge is 0.329 e. The Morgan fingerprint density at radius 3 is 2.42 bits per heavy atom. The van der Waals surface area contributed by atoms with Crippen LogP contribution in [0.4, 0.5) is 0 Å². The third kappa shape index (κ3) is 1.57. The molecule has 1 aliphatic heterocycles. The Morgan fingerprint density at radius 2 is 2.08 bits per heavy atom. The third-order valence-electron chi connectivity index (χ3n) is 2.18. The maximum absolute atomic E-state index is 11.1.